The van der Waals surface area contributed by atoms with Gasteiger partial charge in [-0.05, 0) is 12.0 Å². The zero-order chi connectivity index (χ0) is 14.5. The second-order valence-electron chi connectivity index (χ2n) is 4.12. The number of ether oxygens (including phenoxy) is 1. The Hall–Kier alpha value is -0.860. The fourth-order valence-electron chi connectivity index (χ4n) is 2.01. The largest absolute Gasteiger partial charge is 0.376 e. The SMILES string of the molecule is CC.CC.CCC1CN(Cc2ccccc2)CCO1. The lowest BCUT2D eigenvalue weighted by Crippen LogP contribution is -2.41. The molecule has 1 atom stereocenters. The van der Waals surface area contributed by atoms with E-state index in [1.807, 2.05) is 27.7 Å². The van der Waals surface area contributed by atoms with Crippen molar-refractivity contribution < 1.29 is 4.74 Å². The maximum absolute atomic E-state index is 5.65. The van der Waals surface area contributed by atoms with Gasteiger partial charge >= 0.3 is 0 Å². The highest BCUT2D eigenvalue weighted by Crippen LogP contribution is 2.11. The molecule has 0 aromatic heterocycles. The summed E-state index contributed by atoms with van der Waals surface area (Å²) in [5.74, 6) is 0. The Bertz CT molecular complexity index is 287. The van der Waals surface area contributed by atoms with Crippen molar-refractivity contribution in [2.75, 3.05) is 19.7 Å². The van der Waals surface area contributed by atoms with Crippen LogP contribution in [-0.4, -0.2) is 30.7 Å². The van der Waals surface area contributed by atoms with E-state index in [-0.39, 0.29) is 0 Å². The van der Waals surface area contributed by atoms with Gasteiger partial charge in [-0.3, -0.25) is 4.90 Å². The lowest BCUT2D eigenvalue weighted by atomic mass is 10.1. The number of hydrogen-bond donors (Lipinski definition) is 0. The van der Waals surface area contributed by atoms with Gasteiger partial charge in [0.1, 0.15) is 0 Å². The van der Waals surface area contributed by atoms with E-state index in [2.05, 4.69) is 42.2 Å². The van der Waals surface area contributed by atoms with Crippen LogP contribution in [0.4, 0.5) is 0 Å². The molecule has 0 saturated carbocycles. The maximum Gasteiger partial charge on any atom is 0.0700 e. The molecule has 1 fully saturated rings. The Balaban J connectivity index is 0.000000741. The van der Waals surface area contributed by atoms with E-state index >= 15 is 0 Å². The van der Waals surface area contributed by atoms with E-state index in [1.165, 1.54) is 5.56 Å². The van der Waals surface area contributed by atoms with E-state index < -0.39 is 0 Å². The van der Waals surface area contributed by atoms with E-state index in [1.54, 1.807) is 0 Å². The average Bonchev–Trinajstić information content (AvgIpc) is 2.52. The van der Waals surface area contributed by atoms with Crippen molar-refractivity contribution in [3.05, 3.63) is 35.9 Å². The van der Waals surface area contributed by atoms with Crippen molar-refractivity contribution in [2.24, 2.45) is 0 Å². The Kier molecular flexibility index (Phi) is 11.6. The van der Waals surface area contributed by atoms with Gasteiger partial charge in [-0.2, -0.15) is 0 Å². The topological polar surface area (TPSA) is 12.5 Å². The number of hydrogen-bond acceptors (Lipinski definition) is 2. The first-order chi connectivity index (χ1) is 9.38. The van der Waals surface area contributed by atoms with Crippen molar-refractivity contribution in [1.82, 2.24) is 4.90 Å². The normalized spacial score (nSPS) is 18.7. The summed E-state index contributed by atoms with van der Waals surface area (Å²) < 4.78 is 5.65. The van der Waals surface area contributed by atoms with Crippen LogP contribution in [-0.2, 0) is 11.3 Å². The molecule has 0 bridgehead atoms. The Morgan fingerprint density at radius 1 is 1.11 bits per heavy atom. The summed E-state index contributed by atoms with van der Waals surface area (Å²) in [4.78, 5) is 2.48. The highest BCUT2D eigenvalue weighted by molar-refractivity contribution is 5.14. The predicted octanol–water partition coefficient (Wildman–Crippen LogP) is 4.35. The maximum atomic E-state index is 5.65. The summed E-state index contributed by atoms with van der Waals surface area (Å²) >= 11 is 0. The summed E-state index contributed by atoms with van der Waals surface area (Å²) in [6, 6.07) is 10.7. The molecule has 0 radical (unpaired) electrons. The van der Waals surface area contributed by atoms with Crippen LogP contribution in [0.15, 0.2) is 30.3 Å². The highest BCUT2D eigenvalue weighted by atomic mass is 16.5. The summed E-state index contributed by atoms with van der Waals surface area (Å²) in [6.07, 6.45) is 1.55. The molecule has 0 aliphatic carbocycles. The molecule has 110 valence electrons. The summed E-state index contributed by atoms with van der Waals surface area (Å²) in [5, 5.41) is 0. The molecular formula is C17H31NO. The zero-order valence-electron chi connectivity index (χ0n) is 13.4. The van der Waals surface area contributed by atoms with Gasteiger partial charge in [0, 0.05) is 19.6 Å². The van der Waals surface area contributed by atoms with Gasteiger partial charge in [-0.15, -0.1) is 0 Å². The first-order valence-corrected chi connectivity index (χ1v) is 7.76. The van der Waals surface area contributed by atoms with Crippen LogP contribution in [0, 0.1) is 0 Å². The van der Waals surface area contributed by atoms with E-state index in [0.29, 0.717) is 6.10 Å². The van der Waals surface area contributed by atoms with E-state index in [4.69, 9.17) is 4.74 Å². The van der Waals surface area contributed by atoms with Crippen molar-refractivity contribution in [3.8, 4) is 0 Å². The molecule has 1 saturated heterocycles. The van der Waals surface area contributed by atoms with Crippen LogP contribution in [0.5, 0.6) is 0 Å². The van der Waals surface area contributed by atoms with Crippen molar-refractivity contribution in [2.45, 2.75) is 53.7 Å². The minimum Gasteiger partial charge on any atom is -0.376 e. The standard InChI is InChI=1S/C13H19NO.2C2H6/c1-2-13-11-14(8-9-15-13)10-12-6-4-3-5-7-12;2*1-2/h3-7,13H,2,8-11H2,1H3;2*1-2H3. The van der Waals surface area contributed by atoms with Gasteiger partial charge in [-0.25, -0.2) is 0 Å². The van der Waals surface area contributed by atoms with Gasteiger partial charge in [-0.1, -0.05) is 65.0 Å². The molecule has 1 aromatic rings. The molecule has 1 aliphatic heterocycles. The molecule has 0 N–H and O–H groups in total. The summed E-state index contributed by atoms with van der Waals surface area (Å²) in [7, 11) is 0. The van der Waals surface area contributed by atoms with Crippen LogP contribution in [0.25, 0.3) is 0 Å². The van der Waals surface area contributed by atoms with Crippen LogP contribution in [0.1, 0.15) is 46.6 Å². The Morgan fingerprint density at radius 3 is 2.32 bits per heavy atom. The second-order valence-corrected chi connectivity index (χ2v) is 4.12. The molecule has 0 spiro atoms. The number of nitrogens with zero attached hydrogens (tertiary/aromatic N) is 1. The molecule has 1 unspecified atom stereocenters. The third-order valence-electron chi connectivity index (χ3n) is 2.93. The third-order valence-corrected chi connectivity index (χ3v) is 2.93. The van der Waals surface area contributed by atoms with Crippen LogP contribution < -0.4 is 0 Å². The van der Waals surface area contributed by atoms with Gasteiger partial charge in [0.05, 0.1) is 12.7 Å². The van der Waals surface area contributed by atoms with Gasteiger partial charge in [0.2, 0.25) is 0 Å². The van der Waals surface area contributed by atoms with Crippen LogP contribution >= 0.6 is 0 Å². The third kappa shape index (κ3) is 7.34. The van der Waals surface area contributed by atoms with E-state index in [0.717, 1.165) is 32.7 Å². The molecule has 1 aliphatic rings. The summed E-state index contributed by atoms with van der Waals surface area (Å²) in [5.41, 5.74) is 1.40. The Labute approximate surface area is 119 Å². The molecule has 2 heteroatoms. The molecule has 1 aromatic carbocycles. The minimum absolute atomic E-state index is 0.433. The lowest BCUT2D eigenvalue weighted by Gasteiger charge is -2.32. The number of rotatable bonds is 3. The minimum atomic E-state index is 0.433. The van der Waals surface area contributed by atoms with Crippen molar-refractivity contribution in [1.29, 1.82) is 0 Å². The number of morpholine rings is 1. The fraction of sp³-hybridized carbons (Fsp3) is 0.647. The smallest absolute Gasteiger partial charge is 0.0700 e. The molecule has 2 nitrogen and oxygen atoms in total. The fourth-order valence-corrected chi connectivity index (χ4v) is 2.01. The van der Waals surface area contributed by atoms with Gasteiger partial charge in [0.15, 0.2) is 0 Å². The van der Waals surface area contributed by atoms with Crippen LogP contribution in [0.3, 0.4) is 0 Å². The quantitative estimate of drug-likeness (QED) is 0.805. The highest BCUT2D eigenvalue weighted by Gasteiger charge is 2.18. The molecule has 0 amide bonds. The van der Waals surface area contributed by atoms with Crippen molar-refractivity contribution >= 4 is 0 Å². The lowest BCUT2D eigenvalue weighted by molar-refractivity contribution is -0.0324. The molecule has 2 rings (SSSR count). The first-order valence-electron chi connectivity index (χ1n) is 7.76. The van der Waals surface area contributed by atoms with Gasteiger partial charge in [0.25, 0.3) is 0 Å². The van der Waals surface area contributed by atoms with Crippen LogP contribution in [0.2, 0.25) is 0 Å². The second kappa shape index (κ2) is 12.2. The van der Waals surface area contributed by atoms with E-state index in [9.17, 15) is 0 Å². The Morgan fingerprint density at radius 2 is 1.74 bits per heavy atom. The monoisotopic (exact) mass is 265 g/mol. The van der Waals surface area contributed by atoms with Gasteiger partial charge < -0.3 is 4.74 Å². The first kappa shape index (κ1) is 18.1. The summed E-state index contributed by atoms with van der Waals surface area (Å²) in [6.45, 7) is 14.3. The zero-order valence-corrected chi connectivity index (χ0v) is 13.4. The molecular weight excluding hydrogens is 234 g/mol. The van der Waals surface area contributed by atoms with Crippen molar-refractivity contribution in [3.63, 3.8) is 0 Å². The predicted molar refractivity (Wildman–Crippen MR) is 84.4 cm³/mol. The molecule has 19 heavy (non-hydrogen) atoms. The number of benzene rings is 1. The average molecular weight is 265 g/mol. The molecule has 1 heterocycles.